The first-order chi connectivity index (χ1) is 6.31. The lowest BCUT2D eigenvalue weighted by atomic mass is 10.1. The molecule has 0 aromatic heterocycles. The molecule has 0 bridgehead atoms. The summed E-state index contributed by atoms with van der Waals surface area (Å²) in [4.78, 5) is 10.2. The Morgan fingerprint density at radius 1 is 1.62 bits per heavy atom. The van der Waals surface area contributed by atoms with E-state index in [9.17, 15) is 9.18 Å². The van der Waals surface area contributed by atoms with Crippen molar-refractivity contribution in [2.45, 2.75) is 18.9 Å². The van der Waals surface area contributed by atoms with Crippen LogP contribution in [-0.2, 0) is 11.2 Å². The standard InChI is InChI=1S/C10H9FO2/c11-9-2-1-3-10-8(9)6-7(13-10)4-5-12/h1-3,5,7H,4,6H2. The zero-order chi connectivity index (χ0) is 9.26. The van der Waals surface area contributed by atoms with Crippen LogP contribution in [0.4, 0.5) is 4.39 Å². The molecule has 1 unspecified atom stereocenters. The maximum absolute atomic E-state index is 13.1. The minimum absolute atomic E-state index is 0.176. The van der Waals surface area contributed by atoms with E-state index >= 15 is 0 Å². The Hall–Kier alpha value is -1.38. The van der Waals surface area contributed by atoms with Gasteiger partial charge in [0.15, 0.2) is 0 Å². The number of rotatable bonds is 2. The molecule has 1 aromatic rings. The Labute approximate surface area is 75.3 Å². The van der Waals surface area contributed by atoms with E-state index in [1.165, 1.54) is 6.07 Å². The quantitative estimate of drug-likeness (QED) is 0.648. The van der Waals surface area contributed by atoms with Gasteiger partial charge in [-0.1, -0.05) is 6.07 Å². The van der Waals surface area contributed by atoms with E-state index in [1.807, 2.05) is 0 Å². The van der Waals surface area contributed by atoms with Gasteiger partial charge in [-0.3, -0.25) is 0 Å². The lowest BCUT2D eigenvalue weighted by Gasteiger charge is -2.04. The van der Waals surface area contributed by atoms with Crippen LogP contribution in [0.15, 0.2) is 18.2 Å². The van der Waals surface area contributed by atoms with Crippen LogP contribution < -0.4 is 4.74 Å². The van der Waals surface area contributed by atoms with Gasteiger partial charge in [0.2, 0.25) is 0 Å². The van der Waals surface area contributed by atoms with Gasteiger partial charge in [-0.2, -0.15) is 0 Å². The van der Waals surface area contributed by atoms with Crippen molar-refractivity contribution in [2.75, 3.05) is 0 Å². The number of fused-ring (bicyclic) bond motifs is 1. The van der Waals surface area contributed by atoms with Gasteiger partial charge in [0.25, 0.3) is 0 Å². The second-order valence-electron chi connectivity index (χ2n) is 3.06. The summed E-state index contributed by atoms with van der Waals surface area (Å²) in [6.07, 6.45) is 1.45. The third-order valence-corrected chi connectivity index (χ3v) is 2.16. The average molecular weight is 180 g/mol. The first kappa shape index (κ1) is 8.23. The van der Waals surface area contributed by atoms with Gasteiger partial charge in [0.05, 0.1) is 0 Å². The summed E-state index contributed by atoms with van der Waals surface area (Å²) in [7, 11) is 0. The number of carbonyl (C=O) groups excluding carboxylic acids is 1. The third kappa shape index (κ3) is 1.41. The van der Waals surface area contributed by atoms with Gasteiger partial charge in [-0.25, -0.2) is 4.39 Å². The number of benzene rings is 1. The number of hydrogen-bond acceptors (Lipinski definition) is 2. The summed E-state index contributed by atoms with van der Waals surface area (Å²) < 4.78 is 18.5. The molecule has 3 heteroatoms. The first-order valence-corrected chi connectivity index (χ1v) is 4.19. The van der Waals surface area contributed by atoms with Crippen molar-refractivity contribution in [1.29, 1.82) is 0 Å². The molecule has 1 aliphatic heterocycles. The molecule has 1 heterocycles. The lowest BCUT2D eigenvalue weighted by Crippen LogP contribution is -2.12. The fourth-order valence-electron chi connectivity index (χ4n) is 1.54. The highest BCUT2D eigenvalue weighted by Gasteiger charge is 2.24. The van der Waals surface area contributed by atoms with Gasteiger partial charge < -0.3 is 9.53 Å². The van der Waals surface area contributed by atoms with E-state index in [-0.39, 0.29) is 11.9 Å². The van der Waals surface area contributed by atoms with E-state index < -0.39 is 0 Å². The molecule has 1 aromatic carbocycles. The average Bonchev–Trinajstić information content (AvgIpc) is 2.49. The minimum atomic E-state index is -0.245. The molecule has 0 spiro atoms. The highest BCUT2D eigenvalue weighted by molar-refractivity contribution is 5.51. The molecule has 0 saturated carbocycles. The molecular formula is C10H9FO2. The van der Waals surface area contributed by atoms with Gasteiger partial charge in [0.1, 0.15) is 24.0 Å². The van der Waals surface area contributed by atoms with Crippen LogP contribution in [0.3, 0.4) is 0 Å². The molecule has 0 fully saturated rings. The molecule has 0 N–H and O–H groups in total. The van der Waals surface area contributed by atoms with E-state index in [1.54, 1.807) is 12.1 Å². The second kappa shape index (κ2) is 3.17. The van der Waals surface area contributed by atoms with E-state index in [2.05, 4.69) is 0 Å². The largest absolute Gasteiger partial charge is 0.489 e. The summed E-state index contributed by atoms with van der Waals surface area (Å²) in [5, 5.41) is 0. The summed E-state index contributed by atoms with van der Waals surface area (Å²) in [5.74, 6) is 0.331. The Morgan fingerprint density at radius 3 is 3.15 bits per heavy atom. The first-order valence-electron chi connectivity index (χ1n) is 4.19. The topological polar surface area (TPSA) is 26.3 Å². The van der Waals surface area contributed by atoms with Gasteiger partial charge in [-0.15, -0.1) is 0 Å². The highest BCUT2D eigenvalue weighted by Crippen LogP contribution is 2.31. The van der Waals surface area contributed by atoms with Crippen molar-refractivity contribution in [3.8, 4) is 5.75 Å². The number of hydrogen-bond donors (Lipinski definition) is 0. The third-order valence-electron chi connectivity index (χ3n) is 2.16. The number of aldehydes is 1. The maximum atomic E-state index is 13.1. The predicted molar refractivity (Wildman–Crippen MR) is 45.2 cm³/mol. The van der Waals surface area contributed by atoms with Gasteiger partial charge in [-0.05, 0) is 12.1 Å². The molecule has 1 aliphatic rings. The van der Waals surface area contributed by atoms with Crippen LogP contribution in [0, 0.1) is 5.82 Å². The Kier molecular flexibility index (Phi) is 2.00. The van der Waals surface area contributed by atoms with Crippen LogP contribution in [0.2, 0.25) is 0 Å². The van der Waals surface area contributed by atoms with Crippen LogP contribution in [0.5, 0.6) is 5.75 Å². The summed E-state index contributed by atoms with van der Waals surface area (Å²) >= 11 is 0. The SMILES string of the molecule is O=CCC1Cc2c(F)cccc2O1. The second-order valence-corrected chi connectivity index (χ2v) is 3.06. The number of ether oxygens (including phenoxy) is 1. The summed E-state index contributed by atoms with van der Waals surface area (Å²) in [5.41, 5.74) is 0.592. The Bertz CT molecular complexity index is 336. The zero-order valence-electron chi connectivity index (χ0n) is 7.00. The molecule has 2 rings (SSSR count). The molecule has 13 heavy (non-hydrogen) atoms. The molecule has 0 amide bonds. The monoisotopic (exact) mass is 180 g/mol. The fraction of sp³-hybridized carbons (Fsp3) is 0.300. The highest BCUT2D eigenvalue weighted by atomic mass is 19.1. The summed E-state index contributed by atoms with van der Waals surface area (Å²) in [6.45, 7) is 0. The van der Waals surface area contributed by atoms with Crippen LogP contribution in [0.1, 0.15) is 12.0 Å². The molecular weight excluding hydrogens is 171 g/mol. The van der Waals surface area contributed by atoms with Crippen molar-refractivity contribution < 1.29 is 13.9 Å². The smallest absolute Gasteiger partial charge is 0.130 e. The molecule has 68 valence electrons. The lowest BCUT2D eigenvalue weighted by molar-refractivity contribution is -0.109. The predicted octanol–water partition coefficient (Wildman–Crippen LogP) is 1.72. The maximum Gasteiger partial charge on any atom is 0.130 e. The summed E-state index contributed by atoms with van der Waals surface area (Å²) in [6, 6.07) is 4.74. The van der Waals surface area contributed by atoms with Crippen molar-refractivity contribution in [3.63, 3.8) is 0 Å². The fourth-order valence-corrected chi connectivity index (χ4v) is 1.54. The van der Waals surface area contributed by atoms with Gasteiger partial charge >= 0.3 is 0 Å². The Balaban J connectivity index is 2.24. The van der Waals surface area contributed by atoms with E-state index in [0.717, 1.165) is 6.29 Å². The van der Waals surface area contributed by atoms with Crippen LogP contribution in [-0.4, -0.2) is 12.4 Å². The van der Waals surface area contributed by atoms with Gasteiger partial charge in [0, 0.05) is 18.4 Å². The van der Waals surface area contributed by atoms with Crippen LogP contribution >= 0.6 is 0 Å². The number of carbonyl (C=O) groups is 1. The molecule has 0 saturated heterocycles. The molecule has 0 aliphatic carbocycles. The van der Waals surface area contributed by atoms with Crippen molar-refractivity contribution >= 4 is 6.29 Å². The van der Waals surface area contributed by atoms with Crippen LogP contribution in [0.25, 0.3) is 0 Å². The molecule has 2 nitrogen and oxygen atoms in total. The van der Waals surface area contributed by atoms with Crippen molar-refractivity contribution in [3.05, 3.63) is 29.6 Å². The van der Waals surface area contributed by atoms with Crippen molar-refractivity contribution in [1.82, 2.24) is 0 Å². The molecule has 0 radical (unpaired) electrons. The van der Waals surface area contributed by atoms with E-state index in [0.29, 0.717) is 24.2 Å². The van der Waals surface area contributed by atoms with E-state index in [4.69, 9.17) is 4.74 Å². The van der Waals surface area contributed by atoms with Crippen molar-refractivity contribution in [2.24, 2.45) is 0 Å². The zero-order valence-corrected chi connectivity index (χ0v) is 7.00. The minimum Gasteiger partial charge on any atom is -0.489 e. The molecule has 1 atom stereocenters. The Morgan fingerprint density at radius 2 is 2.46 bits per heavy atom. The normalized spacial score (nSPS) is 19.3. The number of halogens is 1.